The molecule has 2 saturated heterocycles. The Morgan fingerprint density at radius 3 is 2.44 bits per heavy atom. The van der Waals surface area contributed by atoms with Gasteiger partial charge in [-0.05, 0) is 29.9 Å². The quantitative estimate of drug-likeness (QED) is 0.395. The van der Waals surface area contributed by atoms with E-state index in [4.69, 9.17) is 28.4 Å². The van der Waals surface area contributed by atoms with E-state index in [0.29, 0.717) is 19.8 Å². The topological polar surface area (TPSA) is 55.4 Å². The first kappa shape index (κ1) is 25.5. The van der Waals surface area contributed by atoms with Crippen LogP contribution >= 0.6 is 11.8 Å². The van der Waals surface area contributed by atoms with Crippen molar-refractivity contribution in [2.45, 2.75) is 69.4 Å². The largest absolute Gasteiger partial charge is 0.497 e. The molecule has 0 bridgehead atoms. The van der Waals surface area contributed by atoms with Gasteiger partial charge >= 0.3 is 0 Å². The summed E-state index contributed by atoms with van der Waals surface area (Å²) in [5, 5.41) is 0. The first-order valence-corrected chi connectivity index (χ1v) is 13.2. The lowest BCUT2D eigenvalue weighted by Crippen LogP contribution is -2.62. The summed E-state index contributed by atoms with van der Waals surface area (Å²) >= 11 is 1.75. The zero-order chi connectivity index (χ0) is 23.8. The van der Waals surface area contributed by atoms with E-state index in [2.05, 4.69) is 13.8 Å². The van der Waals surface area contributed by atoms with Gasteiger partial charge in [0.25, 0.3) is 0 Å². The van der Waals surface area contributed by atoms with Crippen LogP contribution in [0.3, 0.4) is 0 Å². The molecule has 2 aliphatic heterocycles. The molecule has 0 saturated carbocycles. The van der Waals surface area contributed by atoms with E-state index in [-0.39, 0.29) is 29.9 Å². The summed E-state index contributed by atoms with van der Waals surface area (Å²) in [6.07, 6.45) is 0.597. The number of thioether (sulfide) groups is 1. The van der Waals surface area contributed by atoms with E-state index >= 15 is 0 Å². The summed E-state index contributed by atoms with van der Waals surface area (Å²) in [4.78, 5) is 0. The predicted molar refractivity (Wildman–Crippen MR) is 133 cm³/mol. The van der Waals surface area contributed by atoms with E-state index in [1.807, 2.05) is 54.6 Å². The van der Waals surface area contributed by atoms with Gasteiger partial charge in [-0.1, -0.05) is 62.7 Å². The average molecular weight is 489 g/mol. The second kappa shape index (κ2) is 12.9. The van der Waals surface area contributed by atoms with Crippen molar-refractivity contribution < 1.29 is 28.4 Å². The molecular formula is C27H36O6S. The molecule has 0 aliphatic carbocycles. The van der Waals surface area contributed by atoms with Gasteiger partial charge < -0.3 is 28.4 Å². The molecule has 0 spiro atoms. The van der Waals surface area contributed by atoms with Crippen molar-refractivity contribution in [1.29, 1.82) is 0 Å². The molecule has 7 heteroatoms. The molecule has 0 N–H and O–H groups in total. The van der Waals surface area contributed by atoms with E-state index in [1.165, 1.54) is 0 Å². The Morgan fingerprint density at radius 1 is 0.941 bits per heavy atom. The van der Waals surface area contributed by atoms with Crippen molar-refractivity contribution >= 4 is 11.8 Å². The zero-order valence-electron chi connectivity index (χ0n) is 20.3. The Balaban J connectivity index is 1.55. The molecule has 0 radical (unpaired) electrons. The third-order valence-corrected chi connectivity index (χ3v) is 7.14. The van der Waals surface area contributed by atoms with Crippen LogP contribution in [0.25, 0.3) is 0 Å². The lowest BCUT2D eigenvalue weighted by Gasteiger charge is -2.49. The Morgan fingerprint density at radius 2 is 1.74 bits per heavy atom. The van der Waals surface area contributed by atoms with Crippen LogP contribution in [0.4, 0.5) is 0 Å². The van der Waals surface area contributed by atoms with Crippen molar-refractivity contribution in [2.75, 3.05) is 26.1 Å². The van der Waals surface area contributed by atoms with Gasteiger partial charge in [0.05, 0.1) is 20.3 Å². The molecule has 0 aromatic heterocycles. The lowest BCUT2D eigenvalue weighted by atomic mass is 9.98. The number of unbranched alkanes of at least 4 members (excludes halogenated alkanes) is 1. The summed E-state index contributed by atoms with van der Waals surface area (Å²) in [6, 6.07) is 18.0. The van der Waals surface area contributed by atoms with Crippen molar-refractivity contribution in [3.8, 4) is 5.75 Å². The van der Waals surface area contributed by atoms with Gasteiger partial charge in [-0.15, -0.1) is 11.8 Å². The first-order valence-electron chi connectivity index (χ1n) is 12.2. The molecule has 34 heavy (non-hydrogen) atoms. The maximum absolute atomic E-state index is 6.58. The Bertz CT molecular complexity index is 848. The standard InChI is InChI=1S/C27H36O6S/c1-4-6-16-29-25-24(30-17-19-12-14-21(28-3)15-13-19)23-22(32-27(25)34-5-2)18-31-26(33-23)20-10-8-7-9-11-20/h7-15,22-27H,4-6,16-18H2,1-3H3/t22?,23-,24?,25-,26?,27-/m0/s1. The second-order valence-electron chi connectivity index (χ2n) is 8.49. The van der Waals surface area contributed by atoms with Crippen LogP contribution in [0, 0.1) is 0 Å². The summed E-state index contributed by atoms with van der Waals surface area (Å²) in [5.74, 6) is 1.75. The van der Waals surface area contributed by atoms with Crippen LogP contribution in [0.15, 0.2) is 54.6 Å². The predicted octanol–water partition coefficient (Wildman–Crippen LogP) is 5.36. The Hall–Kier alpha value is -1.61. The van der Waals surface area contributed by atoms with Crippen molar-refractivity contribution in [2.24, 2.45) is 0 Å². The van der Waals surface area contributed by atoms with Crippen LogP contribution in [-0.2, 0) is 30.3 Å². The molecule has 6 nitrogen and oxygen atoms in total. The number of ether oxygens (including phenoxy) is 6. The second-order valence-corrected chi connectivity index (χ2v) is 9.86. The number of hydrogen-bond acceptors (Lipinski definition) is 7. The molecule has 3 unspecified atom stereocenters. The Kier molecular flexibility index (Phi) is 9.67. The number of methoxy groups -OCH3 is 1. The van der Waals surface area contributed by atoms with Crippen LogP contribution in [0.5, 0.6) is 5.75 Å². The van der Waals surface area contributed by atoms with Gasteiger partial charge in [-0.2, -0.15) is 0 Å². The minimum atomic E-state index is -0.454. The molecule has 2 aromatic carbocycles. The van der Waals surface area contributed by atoms with E-state index in [1.54, 1.807) is 18.9 Å². The first-order chi connectivity index (χ1) is 16.7. The molecule has 0 amide bonds. The fourth-order valence-corrected chi connectivity index (χ4v) is 5.24. The van der Waals surface area contributed by atoms with Gasteiger partial charge in [0.15, 0.2) is 6.29 Å². The number of rotatable bonds is 11. The van der Waals surface area contributed by atoms with E-state index < -0.39 is 6.29 Å². The van der Waals surface area contributed by atoms with Gasteiger partial charge in [0.2, 0.25) is 0 Å². The SMILES string of the molecule is CCCCO[C@H]1C(OCc2ccc(OC)cc2)[C@H]2OC(c3ccccc3)OCC2O[C@H]1SCC. The fourth-order valence-electron chi connectivity index (χ4n) is 4.27. The summed E-state index contributed by atoms with van der Waals surface area (Å²) < 4.78 is 37.3. The van der Waals surface area contributed by atoms with E-state index in [9.17, 15) is 0 Å². The molecule has 4 rings (SSSR count). The Labute approximate surface area is 207 Å². The maximum Gasteiger partial charge on any atom is 0.184 e. The third-order valence-electron chi connectivity index (χ3n) is 6.10. The maximum atomic E-state index is 6.58. The molecule has 2 aliphatic rings. The van der Waals surface area contributed by atoms with Crippen molar-refractivity contribution in [3.05, 3.63) is 65.7 Å². The number of hydrogen-bond donors (Lipinski definition) is 0. The highest BCUT2D eigenvalue weighted by Crippen LogP contribution is 2.39. The van der Waals surface area contributed by atoms with Crippen molar-refractivity contribution in [1.82, 2.24) is 0 Å². The molecule has 2 heterocycles. The number of benzene rings is 2. The van der Waals surface area contributed by atoms with Gasteiger partial charge in [-0.3, -0.25) is 0 Å². The average Bonchev–Trinajstić information content (AvgIpc) is 2.89. The lowest BCUT2D eigenvalue weighted by molar-refractivity contribution is -0.328. The third kappa shape index (κ3) is 6.33. The van der Waals surface area contributed by atoms with E-state index in [0.717, 1.165) is 35.5 Å². The zero-order valence-corrected chi connectivity index (χ0v) is 21.1. The molecular weight excluding hydrogens is 452 g/mol. The molecule has 6 atom stereocenters. The normalized spacial score (nSPS) is 28.9. The van der Waals surface area contributed by atoms with Crippen LogP contribution < -0.4 is 4.74 Å². The van der Waals surface area contributed by atoms with Gasteiger partial charge in [-0.25, -0.2) is 0 Å². The molecule has 2 fully saturated rings. The van der Waals surface area contributed by atoms with Crippen molar-refractivity contribution in [3.63, 3.8) is 0 Å². The van der Waals surface area contributed by atoms with Crippen LogP contribution in [0.2, 0.25) is 0 Å². The summed E-state index contributed by atoms with van der Waals surface area (Å²) in [5.41, 5.74) is 1.93. The van der Waals surface area contributed by atoms with Gasteiger partial charge in [0.1, 0.15) is 35.6 Å². The molecule has 2 aromatic rings. The summed E-state index contributed by atoms with van der Waals surface area (Å²) in [7, 11) is 1.67. The smallest absolute Gasteiger partial charge is 0.184 e. The minimum absolute atomic E-state index is 0.135. The fraction of sp³-hybridized carbons (Fsp3) is 0.556. The molecule has 186 valence electrons. The number of fused-ring (bicyclic) bond motifs is 1. The monoisotopic (exact) mass is 488 g/mol. The highest BCUT2D eigenvalue weighted by Gasteiger charge is 2.51. The van der Waals surface area contributed by atoms with Crippen LogP contribution in [-0.4, -0.2) is 55.9 Å². The highest BCUT2D eigenvalue weighted by molar-refractivity contribution is 7.99. The highest BCUT2D eigenvalue weighted by atomic mass is 32.2. The minimum Gasteiger partial charge on any atom is -0.497 e. The van der Waals surface area contributed by atoms with Crippen LogP contribution in [0.1, 0.15) is 44.1 Å². The summed E-state index contributed by atoms with van der Waals surface area (Å²) in [6.45, 7) is 5.88. The van der Waals surface area contributed by atoms with Gasteiger partial charge in [0, 0.05) is 12.2 Å².